The average Bonchev–Trinajstić information content (AvgIpc) is 3.87. The van der Waals surface area contributed by atoms with Crippen LogP contribution in [0.25, 0.3) is 32.9 Å². The van der Waals surface area contributed by atoms with Gasteiger partial charge in [-0.2, -0.15) is 9.97 Å². The molecular weight excluding hydrogens is 946 g/mol. The molecule has 7 aliphatic heterocycles. The van der Waals surface area contributed by atoms with Gasteiger partial charge in [-0.15, -0.1) is 0 Å². The number of piperidine rings is 2. The van der Waals surface area contributed by atoms with Crippen molar-refractivity contribution in [3.8, 4) is 23.0 Å². The number of fused-ring (bicyclic) bond motifs is 5. The highest BCUT2D eigenvalue weighted by atomic mass is 19.1. The normalized spacial score (nSPS) is 24.4. The summed E-state index contributed by atoms with van der Waals surface area (Å²) in [6, 6.07) is 14.4. The van der Waals surface area contributed by atoms with E-state index in [1.165, 1.54) is 0 Å². The van der Waals surface area contributed by atoms with Gasteiger partial charge in [-0.3, -0.25) is 44.2 Å². The number of nitrogens with one attached hydrogen (secondary N) is 2. The van der Waals surface area contributed by atoms with E-state index in [4.69, 9.17) is 24.4 Å². The van der Waals surface area contributed by atoms with Gasteiger partial charge in [-0.1, -0.05) is 25.1 Å². The van der Waals surface area contributed by atoms with Crippen LogP contribution < -0.4 is 25.2 Å². The second kappa shape index (κ2) is 20.4. The van der Waals surface area contributed by atoms with E-state index in [1.54, 1.807) is 30.5 Å². The monoisotopic (exact) mass is 1010 g/mol. The number of aromatic hydroxyl groups is 1. The van der Waals surface area contributed by atoms with Gasteiger partial charge in [0.2, 0.25) is 11.8 Å². The van der Waals surface area contributed by atoms with E-state index >= 15 is 4.39 Å². The van der Waals surface area contributed by atoms with Crippen molar-refractivity contribution in [2.75, 3.05) is 108 Å². The number of pyridine rings is 1. The predicted octanol–water partition coefficient (Wildman–Crippen LogP) is 4.21. The quantitative estimate of drug-likeness (QED) is 0.142. The lowest BCUT2D eigenvalue weighted by Gasteiger charge is -2.41. The number of rotatable bonds is 13. The summed E-state index contributed by atoms with van der Waals surface area (Å²) in [5.74, 6) is -1.29. The molecule has 74 heavy (non-hydrogen) atoms. The molecule has 6 fully saturated rings. The Hall–Kier alpha value is -6.38. The molecule has 388 valence electrons. The number of hydrogen-bond acceptors (Lipinski definition) is 16. The minimum Gasteiger partial charge on any atom is -0.508 e. The maximum Gasteiger partial charge on any atom is 0.319 e. The molecule has 3 N–H and O–H groups in total. The number of phenolic OH excluding ortho intramolecular Hbond substituents is 1. The number of aryl methyl sites for hydroxylation is 1. The number of piperazine rings is 2. The van der Waals surface area contributed by atoms with E-state index < -0.39 is 35.5 Å². The van der Waals surface area contributed by atoms with Crippen molar-refractivity contribution in [3.05, 3.63) is 77.2 Å². The van der Waals surface area contributed by atoms with Crippen molar-refractivity contribution >= 4 is 56.8 Å². The summed E-state index contributed by atoms with van der Waals surface area (Å²) in [6.07, 6.45) is 6.94. The van der Waals surface area contributed by atoms with E-state index in [1.807, 2.05) is 24.3 Å². The number of phenols is 1. The zero-order valence-corrected chi connectivity index (χ0v) is 41.9. The van der Waals surface area contributed by atoms with Gasteiger partial charge in [-0.25, -0.2) is 4.39 Å². The molecule has 19 heteroatoms. The molecule has 9 heterocycles. The number of halogens is 1. The van der Waals surface area contributed by atoms with E-state index in [0.29, 0.717) is 65.7 Å². The van der Waals surface area contributed by atoms with Crippen molar-refractivity contribution < 1.29 is 38.1 Å². The summed E-state index contributed by atoms with van der Waals surface area (Å²) in [6.45, 7) is 14.3. The summed E-state index contributed by atoms with van der Waals surface area (Å²) in [4.78, 5) is 78.2. The molecule has 7 aliphatic rings. The van der Waals surface area contributed by atoms with E-state index in [9.17, 15) is 24.3 Å². The minimum atomic E-state index is -0.976. The van der Waals surface area contributed by atoms with Crippen LogP contribution in [0.5, 0.6) is 11.8 Å². The van der Waals surface area contributed by atoms with Crippen LogP contribution in [0.2, 0.25) is 0 Å². The van der Waals surface area contributed by atoms with Crippen molar-refractivity contribution in [1.29, 1.82) is 0 Å². The largest absolute Gasteiger partial charge is 0.508 e. The fraction of sp³-hybridized carbons (Fsp3) is 0.509. The fourth-order valence-electron chi connectivity index (χ4n) is 12.7. The molecule has 0 aliphatic carbocycles. The number of amides is 4. The summed E-state index contributed by atoms with van der Waals surface area (Å²) >= 11 is 0. The van der Waals surface area contributed by atoms with Gasteiger partial charge in [0.25, 0.3) is 11.8 Å². The molecule has 0 saturated carbocycles. The van der Waals surface area contributed by atoms with Crippen molar-refractivity contribution in [1.82, 2.24) is 45.2 Å². The van der Waals surface area contributed by atoms with Gasteiger partial charge in [0, 0.05) is 121 Å². The molecule has 4 amide bonds. The number of benzene rings is 3. The molecule has 12 rings (SSSR count). The van der Waals surface area contributed by atoms with E-state index in [0.717, 1.165) is 138 Å². The molecule has 0 radical (unpaired) electrons. The van der Waals surface area contributed by atoms with Crippen molar-refractivity contribution in [2.24, 2.45) is 5.92 Å². The lowest BCUT2D eigenvalue weighted by Crippen LogP contribution is -2.54. The molecule has 6 saturated heterocycles. The average molecular weight is 1010 g/mol. The topological polar surface area (TPSA) is 189 Å². The lowest BCUT2D eigenvalue weighted by molar-refractivity contribution is -0.136. The molecule has 4 unspecified atom stereocenters. The standard InChI is InChI=1S/C55H64FN11O7/c1-2-34-4-3-5-35-24-39(68)26-43(47(34)35)49-48(56)50-44(27-57-49)51(66-29-36-6-7-37(30-66)58-36)61-55(60-50)74-23-21-64-20-22-73-40(32-64)31-63-18-16-62(17-19-63)28-33-12-14-65(15-13-33)38-8-9-41-42(25-38)54(72)67(53(41)71)45-10-11-46(69)59-52(45)70/h3-5,8-9,24-27,33,36-37,40,45,58,68H,2,6-7,10-23,28-32H2,1H3,(H,59,69,70). The van der Waals surface area contributed by atoms with Crippen LogP contribution in [0.1, 0.15) is 71.7 Å². The zero-order chi connectivity index (χ0) is 50.6. The highest BCUT2D eigenvalue weighted by molar-refractivity contribution is 6.23. The van der Waals surface area contributed by atoms with Gasteiger partial charge in [-0.05, 0) is 91.1 Å². The van der Waals surface area contributed by atoms with Crippen LogP contribution in [0.4, 0.5) is 15.9 Å². The van der Waals surface area contributed by atoms with E-state index in [-0.39, 0.29) is 41.9 Å². The zero-order valence-electron chi connectivity index (χ0n) is 41.9. The molecule has 18 nitrogen and oxygen atoms in total. The number of carbonyl (C=O) groups is 4. The number of morpholine rings is 1. The molecule has 5 aromatic rings. The Morgan fingerprint density at radius 2 is 1.57 bits per heavy atom. The maximum absolute atomic E-state index is 17.1. The summed E-state index contributed by atoms with van der Waals surface area (Å²) in [5.41, 5.74) is 3.36. The van der Waals surface area contributed by atoms with Crippen molar-refractivity contribution in [3.63, 3.8) is 0 Å². The van der Waals surface area contributed by atoms with Gasteiger partial charge in [0.15, 0.2) is 5.82 Å². The number of aromatic nitrogens is 3. The van der Waals surface area contributed by atoms with Crippen LogP contribution in [0.3, 0.4) is 0 Å². The molecule has 2 aromatic heterocycles. The first-order valence-electron chi connectivity index (χ1n) is 26.7. The Kier molecular flexibility index (Phi) is 13.4. The lowest BCUT2D eigenvalue weighted by atomic mass is 9.95. The number of anilines is 2. The number of carbonyl (C=O) groups excluding carboxylic acids is 4. The number of nitrogens with zero attached hydrogens (tertiary/aromatic N) is 9. The van der Waals surface area contributed by atoms with E-state index in [2.05, 4.69) is 42.1 Å². The molecule has 0 spiro atoms. The first-order chi connectivity index (χ1) is 36.0. The third-order valence-corrected chi connectivity index (χ3v) is 16.6. The second-order valence-corrected chi connectivity index (χ2v) is 21.3. The third kappa shape index (κ3) is 9.52. The third-order valence-electron chi connectivity index (χ3n) is 16.6. The molecular formula is C55H64FN11O7. The SMILES string of the molecule is CCc1cccc2cc(O)cc(-c3ncc4c(N5CC6CCC(C5)N6)nc(OCCN5CCOC(CN6CCN(CC7CCN(c8ccc9c(c8)C(=O)N(C8CCC(=O)NC8=O)C9=O)CC7)CC6)C5)nc4c3F)c12. The Labute approximate surface area is 429 Å². The Balaban J connectivity index is 0.635. The van der Waals surface area contributed by atoms with Gasteiger partial charge in [0.1, 0.15) is 35.4 Å². The Bertz CT molecular complexity index is 3010. The fourth-order valence-corrected chi connectivity index (χ4v) is 12.7. The van der Waals surface area contributed by atoms with Gasteiger partial charge < -0.3 is 34.6 Å². The van der Waals surface area contributed by atoms with Crippen molar-refractivity contribution in [2.45, 2.75) is 76.1 Å². The number of imide groups is 2. The second-order valence-electron chi connectivity index (χ2n) is 21.3. The number of ether oxygens (including phenoxy) is 2. The Morgan fingerprint density at radius 3 is 2.34 bits per heavy atom. The number of hydrogen-bond donors (Lipinski definition) is 3. The smallest absolute Gasteiger partial charge is 0.319 e. The van der Waals surface area contributed by atoms with Crippen LogP contribution in [0.15, 0.2) is 54.7 Å². The summed E-state index contributed by atoms with van der Waals surface area (Å²) in [5, 5.41) is 18.9. The predicted molar refractivity (Wildman–Crippen MR) is 276 cm³/mol. The Morgan fingerprint density at radius 1 is 0.797 bits per heavy atom. The molecule has 2 bridgehead atoms. The van der Waals surface area contributed by atoms with Gasteiger partial charge >= 0.3 is 6.01 Å². The highest BCUT2D eigenvalue weighted by Crippen LogP contribution is 2.39. The molecule has 4 atom stereocenters. The minimum absolute atomic E-state index is 0.0432. The summed E-state index contributed by atoms with van der Waals surface area (Å²) < 4.78 is 29.8. The highest BCUT2D eigenvalue weighted by Gasteiger charge is 2.45. The van der Waals surface area contributed by atoms with Gasteiger partial charge in [0.05, 0.1) is 29.2 Å². The maximum atomic E-state index is 17.1. The van der Waals surface area contributed by atoms with Crippen LogP contribution in [-0.4, -0.2) is 186 Å². The van der Waals surface area contributed by atoms with Crippen LogP contribution in [-0.2, 0) is 20.7 Å². The van der Waals surface area contributed by atoms with Crippen LogP contribution >= 0.6 is 0 Å². The first kappa shape index (κ1) is 48.6. The first-order valence-corrected chi connectivity index (χ1v) is 26.7. The summed E-state index contributed by atoms with van der Waals surface area (Å²) in [7, 11) is 0. The molecule has 3 aromatic carbocycles. The van der Waals surface area contributed by atoms with Crippen LogP contribution in [0, 0.1) is 11.7 Å².